The van der Waals surface area contributed by atoms with Crippen LogP contribution in [0.4, 0.5) is 0 Å². The fraction of sp³-hybridized carbons (Fsp3) is 0.643. The molecule has 2 rings (SSSR count). The number of hydrogen-bond acceptors (Lipinski definition) is 5. The van der Waals surface area contributed by atoms with Crippen LogP contribution in [0.5, 0.6) is 0 Å². The van der Waals surface area contributed by atoms with Crippen LogP contribution in [-0.4, -0.2) is 38.4 Å². The standard InChI is InChI=1S/C14H22N2O4/c15-9-11-4-5-13(20-11)14(17)16-6-2-7-18-10-12-3-1-8-19-12/h4-5,12H,1-3,6-10,15H2,(H,16,17). The third-order valence-electron chi connectivity index (χ3n) is 3.17. The van der Waals surface area contributed by atoms with Gasteiger partial charge in [0.15, 0.2) is 5.76 Å². The maximum Gasteiger partial charge on any atom is 0.286 e. The third-order valence-corrected chi connectivity index (χ3v) is 3.17. The molecule has 1 atom stereocenters. The number of nitrogens with one attached hydrogen (secondary N) is 1. The molecule has 1 aromatic rings. The van der Waals surface area contributed by atoms with Crippen molar-refractivity contribution in [2.45, 2.75) is 31.9 Å². The van der Waals surface area contributed by atoms with E-state index in [1.54, 1.807) is 12.1 Å². The van der Waals surface area contributed by atoms with Gasteiger partial charge in [0, 0.05) is 19.8 Å². The molecule has 1 aromatic heterocycles. The summed E-state index contributed by atoms with van der Waals surface area (Å²) >= 11 is 0. The Hall–Kier alpha value is -1.37. The largest absolute Gasteiger partial charge is 0.455 e. The molecule has 1 saturated heterocycles. The zero-order valence-corrected chi connectivity index (χ0v) is 11.6. The van der Waals surface area contributed by atoms with Gasteiger partial charge in [-0.2, -0.15) is 0 Å². The van der Waals surface area contributed by atoms with Gasteiger partial charge >= 0.3 is 0 Å². The SMILES string of the molecule is NCc1ccc(C(=O)NCCCOCC2CCCO2)o1. The van der Waals surface area contributed by atoms with Gasteiger partial charge in [-0.15, -0.1) is 0 Å². The number of hydrogen-bond donors (Lipinski definition) is 2. The predicted molar refractivity (Wildman–Crippen MR) is 73.3 cm³/mol. The molecular weight excluding hydrogens is 260 g/mol. The molecule has 1 aliphatic heterocycles. The Kier molecular flexibility index (Phi) is 6.04. The van der Waals surface area contributed by atoms with Gasteiger partial charge in [-0.3, -0.25) is 4.79 Å². The molecule has 1 unspecified atom stereocenters. The molecule has 6 nitrogen and oxygen atoms in total. The predicted octanol–water partition coefficient (Wildman–Crippen LogP) is 1.05. The number of ether oxygens (including phenoxy) is 2. The molecule has 6 heteroatoms. The zero-order chi connectivity index (χ0) is 14.2. The Morgan fingerprint density at radius 1 is 1.50 bits per heavy atom. The summed E-state index contributed by atoms with van der Waals surface area (Å²) in [5.74, 6) is 0.685. The van der Waals surface area contributed by atoms with E-state index in [9.17, 15) is 4.79 Å². The number of carbonyl (C=O) groups is 1. The second-order valence-electron chi connectivity index (χ2n) is 4.79. The second-order valence-corrected chi connectivity index (χ2v) is 4.79. The molecule has 0 aliphatic carbocycles. The highest BCUT2D eigenvalue weighted by atomic mass is 16.5. The maximum absolute atomic E-state index is 11.7. The van der Waals surface area contributed by atoms with Crippen LogP contribution in [0, 0.1) is 0 Å². The lowest BCUT2D eigenvalue weighted by Crippen LogP contribution is -2.25. The first-order chi connectivity index (χ1) is 9.79. The highest BCUT2D eigenvalue weighted by molar-refractivity contribution is 5.91. The lowest BCUT2D eigenvalue weighted by Gasteiger charge is -2.10. The Morgan fingerprint density at radius 3 is 3.10 bits per heavy atom. The minimum absolute atomic E-state index is 0.219. The Labute approximate surface area is 118 Å². The van der Waals surface area contributed by atoms with Crippen molar-refractivity contribution in [3.63, 3.8) is 0 Å². The van der Waals surface area contributed by atoms with Crippen molar-refractivity contribution in [2.24, 2.45) is 5.73 Å². The van der Waals surface area contributed by atoms with Gasteiger partial charge < -0.3 is 24.9 Å². The maximum atomic E-state index is 11.7. The Bertz CT molecular complexity index is 413. The monoisotopic (exact) mass is 282 g/mol. The molecule has 0 spiro atoms. The van der Waals surface area contributed by atoms with Crippen LogP contribution < -0.4 is 11.1 Å². The quantitative estimate of drug-likeness (QED) is 0.696. The van der Waals surface area contributed by atoms with Gasteiger partial charge in [-0.1, -0.05) is 0 Å². The number of carbonyl (C=O) groups excluding carboxylic acids is 1. The summed E-state index contributed by atoms with van der Waals surface area (Å²) in [7, 11) is 0. The molecule has 1 aliphatic rings. The van der Waals surface area contributed by atoms with Crippen molar-refractivity contribution in [3.05, 3.63) is 23.7 Å². The first-order valence-corrected chi connectivity index (χ1v) is 7.06. The molecule has 0 bridgehead atoms. The molecule has 0 saturated carbocycles. The molecule has 112 valence electrons. The van der Waals surface area contributed by atoms with E-state index in [1.165, 1.54) is 0 Å². The number of amides is 1. The van der Waals surface area contributed by atoms with Gasteiger partial charge in [0.1, 0.15) is 5.76 Å². The van der Waals surface area contributed by atoms with E-state index >= 15 is 0 Å². The van der Waals surface area contributed by atoms with Gasteiger partial charge in [-0.05, 0) is 31.4 Å². The fourth-order valence-corrected chi connectivity index (χ4v) is 2.06. The molecule has 20 heavy (non-hydrogen) atoms. The molecule has 0 aromatic carbocycles. The van der Waals surface area contributed by atoms with Gasteiger partial charge in [0.05, 0.1) is 19.3 Å². The van der Waals surface area contributed by atoms with Crippen LogP contribution >= 0.6 is 0 Å². The van der Waals surface area contributed by atoms with Crippen LogP contribution in [0.2, 0.25) is 0 Å². The molecular formula is C14H22N2O4. The van der Waals surface area contributed by atoms with E-state index in [4.69, 9.17) is 19.6 Å². The topological polar surface area (TPSA) is 86.7 Å². The fourth-order valence-electron chi connectivity index (χ4n) is 2.06. The van der Waals surface area contributed by atoms with Crippen molar-refractivity contribution >= 4 is 5.91 Å². The van der Waals surface area contributed by atoms with Crippen LogP contribution in [0.15, 0.2) is 16.5 Å². The van der Waals surface area contributed by atoms with E-state index < -0.39 is 0 Å². The highest BCUT2D eigenvalue weighted by Gasteiger charge is 2.15. The van der Waals surface area contributed by atoms with Crippen LogP contribution in [0.25, 0.3) is 0 Å². The van der Waals surface area contributed by atoms with Crippen molar-refractivity contribution in [1.29, 1.82) is 0 Å². The van der Waals surface area contributed by atoms with E-state index in [0.29, 0.717) is 37.8 Å². The summed E-state index contributed by atoms with van der Waals surface area (Å²) in [4.78, 5) is 11.7. The first kappa shape index (κ1) is 15.0. The van der Waals surface area contributed by atoms with Gasteiger partial charge in [0.25, 0.3) is 5.91 Å². The number of rotatable bonds is 8. The van der Waals surface area contributed by atoms with E-state index in [2.05, 4.69) is 5.32 Å². The summed E-state index contributed by atoms with van der Waals surface area (Å²) in [5, 5.41) is 2.78. The molecule has 0 radical (unpaired) electrons. The lowest BCUT2D eigenvalue weighted by atomic mass is 10.2. The van der Waals surface area contributed by atoms with E-state index in [0.717, 1.165) is 25.9 Å². The summed E-state index contributed by atoms with van der Waals surface area (Å²) in [6, 6.07) is 3.34. The summed E-state index contributed by atoms with van der Waals surface area (Å²) in [6.45, 7) is 2.96. The molecule has 1 fully saturated rings. The van der Waals surface area contributed by atoms with Crippen molar-refractivity contribution in [1.82, 2.24) is 5.32 Å². The Balaban J connectivity index is 1.52. The van der Waals surface area contributed by atoms with Crippen molar-refractivity contribution in [2.75, 3.05) is 26.4 Å². The van der Waals surface area contributed by atoms with Crippen molar-refractivity contribution < 1.29 is 18.7 Å². The first-order valence-electron chi connectivity index (χ1n) is 7.06. The van der Waals surface area contributed by atoms with E-state index in [-0.39, 0.29) is 12.0 Å². The number of furan rings is 1. The summed E-state index contributed by atoms with van der Waals surface area (Å²) in [6.07, 6.45) is 3.22. The minimum Gasteiger partial charge on any atom is -0.455 e. The van der Waals surface area contributed by atoms with Crippen LogP contribution in [0.3, 0.4) is 0 Å². The second kappa shape index (κ2) is 8.04. The average molecular weight is 282 g/mol. The summed E-state index contributed by atoms with van der Waals surface area (Å²) in [5.41, 5.74) is 5.42. The zero-order valence-electron chi connectivity index (χ0n) is 11.6. The normalized spacial score (nSPS) is 18.4. The third kappa shape index (κ3) is 4.63. The highest BCUT2D eigenvalue weighted by Crippen LogP contribution is 2.11. The lowest BCUT2D eigenvalue weighted by molar-refractivity contribution is 0.0166. The van der Waals surface area contributed by atoms with Gasteiger partial charge in [0.2, 0.25) is 0 Å². The molecule has 2 heterocycles. The summed E-state index contributed by atoms with van der Waals surface area (Å²) < 4.78 is 16.2. The number of nitrogens with two attached hydrogens (primary N) is 1. The smallest absolute Gasteiger partial charge is 0.286 e. The molecule has 3 N–H and O–H groups in total. The average Bonchev–Trinajstić information content (AvgIpc) is 3.13. The van der Waals surface area contributed by atoms with E-state index in [1.807, 2.05) is 0 Å². The van der Waals surface area contributed by atoms with Crippen LogP contribution in [-0.2, 0) is 16.0 Å². The van der Waals surface area contributed by atoms with Crippen LogP contribution in [0.1, 0.15) is 35.6 Å². The van der Waals surface area contributed by atoms with Crippen molar-refractivity contribution in [3.8, 4) is 0 Å². The Morgan fingerprint density at radius 2 is 2.40 bits per heavy atom. The van der Waals surface area contributed by atoms with Gasteiger partial charge in [-0.25, -0.2) is 0 Å². The minimum atomic E-state index is -0.219. The molecule has 1 amide bonds.